The number of hydrogen-bond donors (Lipinski definition) is 1. The molecule has 1 fully saturated rings. The zero-order valence-electron chi connectivity index (χ0n) is 14.3. The first kappa shape index (κ1) is 16.0. The van der Waals surface area contributed by atoms with E-state index in [1.54, 1.807) is 16.7 Å². The van der Waals surface area contributed by atoms with Gasteiger partial charge in [-0.05, 0) is 24.1 Å². The standard InChI is InChI=1S/C20H22N4O/c1-14-6-5-9-24-19(25)10-16(22-20(14)24)11-23-12-17(18(21)13-23)15-7-3-2-4-8-15/h2-10,17-18H,11-13,21H2,1H3/t17-,18+/m0/s1. The van der Waals surface area contributed by atoms with E-state index in [9.17, 15) is 4.79 Å². The summed E-state index contributed by atoms with van der Waals surface area (Å²) in [7, 11) is 0. The minimum Gasteiger partial charge on any atom is -0.326 e. The second-order valence-electron chi connectivity index (χ2n) is 6.85. The molecule has 4 rings (SSSR count). The van der Waals surface area contributed by atoms with Gasteiger partial charge in [-0.15, -0.1) is 0 Å². The first-order chi connectivity index (χ1) is 12.1. The lowest BCUT2D eigenvalue weighted by atomic mass is 9.95. The smallest absolute Gasteiger partial charge is 0.258 e. The number of rotatable bonds is 3. The van der Waals surface area contributed by atoms with Gasteiger partial charge in [-0.1, -0.05) is 36.4 Å². The maximum Gasteiger partial charge on any atom is 0.258 e. The lowest BCUT2D eigenvalue weighted by Crippen LogP contribution is -2.29. The molecule has 0 saturated carbocycles. The number of nitrogens with two attached hydrogens (primary N) is 1. The zero-order chi connectivity index (χ0) is 17.4. The molecule has 128 valence electrons. The fourth-order valence-electron chi connectivity index (χ4n) is 3.71. The molecule has 3 aromatic rings. The summed E-state index contributed by atoms with van der Waals surface area (Å²) in [5.41, 5.74) is 10.2. The van der Waals surface area contributed by atoms with E-state index in [1.807, 2.05) is 25.1 Å². The summed E-state index contributed by atoms with van der Waals surface area (Å²) in [5.74, 6) is 0.324. The molecule has 5 heteroatoms. The zero-order valence-corrected chi connectivity index (χ0v) is 14.3. The second-order valence-corrected chi connectivity index (χ2v) is 6.85. The molecule has 5 nitrogen and oxygen atoms in total. The molecule has 0 radical (unpaired) electrons. The second kappa shape index (κ2) is 6.43. The highest BCUT2D eigenvalue weighted by Gasteiger charge is 2.31. The van der Waals surface area contributed by atoms with E-state index in [1.165, 1.54) is 5.56 Å². The van der Waals surface area contributed by atoms with Crippen LogP contribution >= 0.6 is 0 Å². The van der Waals surface area contributed by atoms with Crippen LogP contribution in [0.1, 0.15) is 22.7 Å². The lowest BCUT2D eigenvalue weighted by molar-refractivity contribution is 0.319. The summed E-state index contributed by atoms with van der Waals surface area (Å²) in [6.45, 7) is 4.33. The third-order valence-corrected chi connectivity index (χ3v) is 4.99. The lowest BCUT2D eigenvalue weighted by Gasteiger charge is -2.16. The summed E-state index contributed by atoms with van der Waals surface area (Å²) < 4.78 is 1.60. The molecule has 0 bridgehead atoms. The monoisotopic (exact) mass is 334 g/mol. The van der Waals surface area contributed by atoms with Gasteiger partial charge in [0.15, 0.2) is 0 Å². The van der Waals surface area contributed by atoms with Crippen LogP contribution in [-0.2, 0) is 6.54 Å². The molecule has 0 unspecified atom stereocenters. The van der Waals surface area contributed by atoms with Gasteiger partial charge in [0.05, 0.1) is 5.69 Å². The van der Waals surface area contributed by atoms with Crippen molar-refractivity contribution >= 4 is 5.65 Å². The van der Waals surface area contributed by atoms with Crippen molar-refractivity contribution in [2.75, 3.05) is 13.1 Å². The third kappa shape index (κ3) is 3.08. The van der Waals surface area contributed by atoms with E-state index in [-0.39, 0.29) is 11.6 Å². The molecule has 3 heterocycles. The Morgan fingerprint density at radius 2 is 1.96 bits per heavy atom. The highest BCUT2D eigenvalue weighted by atomic mass is 16.1. The van der Waals surface area contributed by atoms with E-state index >= 15 is 0 Å². The number of aromatic nitrogens is 2. The highest BCUT2D eigenvalue weighted by molar-refractivity contribution is 5.46. The van der Waals surface area contributed by atoms with Crippen LogP contribution in [-0.4, -0.2) is 33.4 Å². The van der Waals surface area contributed by atoms with Crippen molar-refractivity contribution in [3.63, 3.8) is 0 Å². The van der Waals surface area contributed by atoms with Crippen LogP contribution in [0, 0.1) is 6.92 Å². The van der Waals surface area contributed by atoms with Gasteiger partial charge in [0, 0.05) is 43.9 Å². The Hall–Kier alpha value is -2.50. The molecule has 0 amide bonds. The maximum absolute atomic E-state index is 12.4. The van der Waals surface area contributed by atoms with Crippen LogP contribution in [0.5, 0.6) is 0 Å². The Bertz CT molecular complexity index is 951. The minimum absolute atomic E-state index is 0.0354. The van der Waals surface area contributed by atoms with Gasteiger partial charge in [-0.25, -0.2) is 4.98 Å². The van der Waals surface area contributed by atoms with E-state index < -0.39 is 0 Å². The Morgan fingerprint density at radius 1 is 1.16 bits per heavy atom. The molecule has 2 atom stereocenters. The normalized spacial score (nSPS) is 21.0. The van der Waals surface area contributed by atoms with Crippen molar-refractivity contribution in [2.45, 2.75) is 25.4 Å². The minimum atomic E-state index is -0.0354. The summed E-state index contributed by atoms with van der Waals surface area (Å²) in [6, 6.07) is 16.0. The largest absolute Gasteiger partial charge is 0.326 e. The number of benzene rings is 1. The van der Waals surface area contributed by atoms with Gasteiger partial charge in [0.25, 0.3) is 5.56 Å². The molecule has 1 aliphatic rings. The average molecular weight is 334 g/mol. The summed E-state index contributed by atoms with van der Waals surface area (Å²) in [6.07, 6.45) is 1.76. The molecule has 1 aromatic carbocycles. The molecule has 1 aliphatic heterocycles. The van der Waals surface area contributed by atoms with E-state index in [4.69, 9.17) is 10.7 Å². The number of fused-ring (bicyclic) bond motifs is 1. The predicted octanol–water partition coefficient (Wildman–Crippen LogP) is 1.93. The van der Waals surface area contributed by atoms with E-state index in [0.29, 0.717) is 12.5 Å². The van der Waals surface area contributed by atoms with Crippen LogP contribution < -0.4 is 11.3 Å². The maximum atomic E-state index is 12.4. The average Bonchev–Trinajstić information content (AvgIpc) is 2.97. The van der Waals surface area contributed by atoms with Crippen molar-refractivity contribution in [3.8, 4) is 0 Å². The van der Waals surface area contributed by atoms with Crippen molar-refractivity contribution in [1.82, 2.24) is 14.3 Å². The number of nitrogens with zero attached hydrogens (tertiary/aromatic N) is 3. The number of pyridine rings is 1. The first-order valence-electron chi connectivity index (χ1n) is 8.62. The Morgan fingerprint density at radius 3 is 2.76 bits per heavy atom. The fourth-order valence-corrected chi connectivity index (χ4v) is 3.71. The third-order valence-electron chi connectivity index (χ3n) is 4.99. The molecule has 2 N–H and O–H groups in total. The van der Waals surface area contributed by atoms with Crippen LogP contribution in [0.2, 0.25) is 0 Å². The Kier molecular flexibility index (Phi) is 4.11. The van der Waals surface area contributed by atoms with Crippen molar-refractivity contribution < 1.29 is 0 Å². The van der Waals surface area contributed by atoms with Gasteiger partial charge >= 0.3 is 0 Å². The molecule has 0 aliphatic carbocycles. The predicted molar refractivity (Wildman–Crippen MR) is 98.6 cm³/mol. The molecule has 2 aromatic heterocycles. The van der Waals surface area contributed by atoms with Crippen molar-refractivity contribution in [2.24, 2.45) is 5.73 Å². The quantitative estimate of drug-likeness (QED) is 0.795. The van der Waals surface area contributed by atoms with Crippen LogP contribution in [0.3, 0.4) is 0 Å². The molecular formula is C20H22N4O. The van der Waals surface area contributed by atoms with Gasteiger partial charge in [-0.3, -0.25) is 14.1 Å². The molecular weight excluding hydrogens is 312 g/mol. The van der Waals surface area contributed by atoms with E-state index in [0.717, 1.165) is 30.0 Å². The number of aryl methyl sites for hydroxylation is 1. The molecule has 1 saturated heterocycles. The first-order valence-corrected chi connectivity index (χ1v) is 8.62. The van der Waals surface area contributed by atoms with Gasteiger partial charge in [0.1, 0.15) is 5.65 Å². The summed E-state index contributed by atoms with van der Waals surface area (Å²) >= 11 is 0. The summed E-state index contributed by atoms with van der Waals surface area (Å²) in [4.78, 5) is 19.3. The SMILES string of the molecule is Cc1cccn2c(=O)cc(CN3C[C@@H](N)[C@H](c4ccccc4)C3)nc12. The van der Waals surface area contributed by atoms with Crippen molar-refractivity contribution in [3.05, 3.63) is 81.9 Å². The number of likely N-dealkylation sites (tertiary alicyclic amines) is 1. The van der Waals surface area contributed by atoms with Crippen molar-refractivity contribution in [1.29, 1.82) is 0 Å². The van der Waals surface area contributed by atoms with Crippen LogP contribution in [0.4, 0.5) is 0 Å². The van der Waals surface area contributed by atoms with E-state index in [2.05, 4.69) is 29.2 Å². The Balaban J connectivity index is 1.58. The highest BCUT2D eigenvalue weighted by Crippen LogP contribution is 2.27. The molecule has 0 spiro atoms. The number of hydrogen-bond acceptors (Lipinski definition) is 4. The Labute approximate surface area is 146 Å². The molecule has 25 heavy (non-hydrogen) atoms. The summed E-state index contributed by atoms with van der Waals surface area (Å²) in [5, 5.41) is 0. The van der Waals surface area contributed by atoms with Gasteiger partial charge in [-0.2, -0.15) is 0 Å². The van der Waals surface area contributed by atoms with Gasteiger partial charge in [0.2, 0.25) is 0 Å². The van der Waals surface area contributed by atoms with Gasteiger partial charge < -0.3 is 5.73 Å². The topological polar surface area (TPSA) is 63.6 Å². The van der Waals surface area contributed by atoms with Crippen LogP contribution in [0.25, 0.3) is 5.65 Å². The fraction of sp³-hybridized carbons (Fsp3) is 0.300. The van der Waals surface area contributed by atoms with Crippen LogP contribution in [0.15, 0.2) is 59.5 Å².